The fourth-order valence-corrected chi connectivity index (χ4v) is 2.15. The topological polar surface area (TPSA) is 20.3 Å². The van der Waals surface area contributed by atoms with Gasteiger partial charge in [-0.25, -0.2) is 0 Å². The molecule has 0 aromatic heterocycles. The molecule has 1 heterocycles. The minimum Gasteiger partial charge on any atom is -0.371 e. The van der Waals surface area contributed by atoms with Crippen LogP contribution in [-0.4, -0.2) is 24.3 Å². The highest BCUT2D eigenvalue weighted by molar-refractivity contribution is 6.30. The lowest BCUT2D eigenvalue weighted by atomic mass is 10.1. The van der Waals surface area contributed by atoms with Gasteiger partial charge in [-0.3, -0.25) is 4.79 Å². The van der Waals surface area contributed by atoms with E-state index in [4.69, 9.17) is 11.6 Å². The Kier molecular flexibility index (Phi) is 3.62. The van der Waals surface area contributed by atoms with Gasteiger partial charge in [0.25, 0.3) is 0 Å². The van der Waals surface area contributed by atoms with E-state index in [0.29, 0.717) is 0 Å². The van der Waals surface area contributed by atoms with Crippen LogP contribution in [0, 0.1) is 0 Å². The average molecular weight is 236 g/mol. The smallest absolute Gasteiger partial charge is 0.144 e. The van der Waals surface area contributed by atoms with Gasteiger partial charge in [0.15, 0.2) is 0 Å². The van der Waals surface area contributed by atoms with E-state index in [9.17, 15) is 4.79 Å². The molecular weight excluding hydrogens is 222 g/mol. The first-order chi connectivity index (χ1) is 7.81. The maximum Gasteiger partial charge on any atom is 0.144 e. The van der Waals surface area contributed by atoms with Crippen molar-refractivity contribution in [3.8, 4) is 0 Å². The Morgan fingerprint density at radius 2 is 1.81 bits per heavy atom. The van der Waals surface area contributed by atoms with Crippen LogP contribution in [0.1, 0.15) is 18.4 Å². The Labute approximate surface area is 101 Å². The summed E-state index contributed by atoms with van der Waals surface area (Å²) >= 11 is 5.85. The molecule has 1 aliphatic rings. The standard InChI is InChI=1S/C13H14ClNO/c14-12-5-3-11(4-6-12)13(7-10-16)15-8-1-2-9-15/h3-7,10H,1-2,8-9H2/b13-7-. The number of hydrogen-bond acceptors (Lipinski definition) is 2. The number of halogens is 1. The third-order valence-corrected chi connectivity index (χ3v) is 3.06. The second kappa shape index (κ2) is 5.17. The molecule has 1 aliphatic heterocycles. The summed E-state index contributed by atoms with van der Waals surface area (Å²) in [6, 6.07) is 7.61. The number of carbonyl (C=O) groups is 1. The fraction of sp³-hybridized carbons (Fsp3) is 0.308. The van der Waals surface area contributed by atoms with Gasteiger partial charge in [-0.1, -0.05) is 23.7 Å². The maximum absolute atomic E-state index is 10.7. The molecule has 84 valence electrons. The largest absolute Gasteiger partial charge is 0.371 e. The molecule has 2 nitrogen and oxygen atoms in total. The molecule has 0 radical (unpaired) electrons. The van der Waals surface area contributed by atoms with Gasteiger partial charge in [-0.05, 0) is 30.5 Å². The van der Waals surface area contributed by atoms with Crippen molar-refractivity contribution in [2.75, 3.05) is 13.1 Å². The highest BCUT2D eigenvalue weighted by Gasteiger charge is 2.15. The van der Waals surface area contributed by atoms with Crippen molar-refractivity contribution in [2.45, 2.75) is 12.8 Å². The zero-order valence-corrected chi connectivity index (χ0v) is 9.78. The van der Waals surface area contributed by atoms with Gasteiger partial charge in [0, 0.05) is 29.9 Å². The lowest BCUT2D eigenvalue weighted by Gasteiger charge is -2.21. The second-order valence-electron chi connectivity index (χ2n) is 3.89. The predicted octanol–water partition coefficient (Wildman–Crippen LogP) is 2.98. The van der Waals surface area contributed by atoms with Gasteiger partial charge in [0.1, 0.15) is 6.29 Å². The highest BCUT2D eigenvalue weighted by Crippen LogP contribution is 2.24. The number of carbonyl (C=O) groups excluding carboxylic acids is 1. The molecule has 0 saturated carbocycles. The van der Waals surface area contributed by atoms with Gasteiger partial charge in [-0.2, -0.15) is 0 Å². The lowest BCUT2D eigenvalue weighted by molar-refractivity contribution is -0.104. The summed E-state index contributed by atoms with van der Waals surface area (Å²) in [6.45, 7) is 2.06. The van der Waals surface area contributed by atoms with Crippen molar-refractivity contribution in [1.82, 2.24) is 4.90 Å². The molecule has 0 aliphatic carbocycles. The molecule has 2 rings (SSSR count). The first-order valence-corrected chi connectivity index (χ1v) is 5.85. The minimum atomic E-state index is 0.718. The zero-order valence-electron chi connectivity index (χ0n) is 9.03. The highest BCUT2D eigenvalue weighted by atomic mass is 35.5. The summed E-state index contributed by atoms with van der Waals surface area (Å²) in [4.78, 5) is 12.9. The fourth-order valence-electron chi connectivity index (χ4n) is 2.03. The first kappa shape index (κ1) is 11.2. The zero-order chi connectivity index (χ0) is 11.4. The second-order valence-corrected chi connectivity index (χ2v) is 4.33. The van der Waals surface area contributed by atoms with Crippen LogP contribution in [0.25, 0.3) is 5.70 Å². The number of allylic oxidation sites excluding steroid dienone is 1. The van der Waals surface area contributed by atoms with Gasteiger partial charge >= 0.3 is 0 Å². The molecule has 0 bridgehead atoms. The molecular formula is C13H14ClNO. The number of aldehydes is 1. The maximum atomic E-state index is 10.7. The van der Waals surface area contributed by atoms with Gasteiger partial charge in [-0.15, -0.1) is 0 Å². The van der Waals surface area contributed by atoms with Crippen LogP contribution in [0.4, 0.5) is 0 Å². The number of rotatable bonds is 3. The number of likely N-dealkylation sites (tertiary alicyclic amines) is 1. The van der Waals surface area contributed by atoms with E-state index in [1.165, 1.54) is 12.8 Å². The van der Waals surface area contributed by atoms with E-state index in [1.54, 1.807) is 6.08 Å². The first-order valence-electron chi connectivity index (χ1n) is 5.47. The van der Waals surface area contributed by atoms with E-state index in [0.717, 1.165) is 35.7 Å². The predicted molar refractivity (Wildman–Crippen MR) is 66.3 cm³/mol. The Bertz CT molecular complexity index is 391. The summed E-state index contributed by atoms with van der Waals surface area (Å²) in [6.07, 6.45) is 4.88. The van der Waals surface area contributed by atoms with E-state index >= 15 is 0 Å². The Balaban J connectivity index is 2.28. The van der Waals surface area contributed by atoms with Crippen molar-refractivity contribution < 1.29 is 4.79 Å². The van der Waals surface area contributed by atoms with Crippen molar-refractivity contribution in [3.05, 3.63) is 40.9 Å². The molecule has 1 saturated heterocycles. The van der Waals surface area contributed by atoms with Gasteiger partial charge in [0.2, 0.25) is 0 Å². The molecule has 0 spiro atoms. The molecule has 16 heavy (non-hydrogen) atoms. The third-order valence-electron chi connectivity index (χ3n) is 2.81. The van der Waals surface area contributed by atoms with Crippen LogP contribution in [0.15, 0.2) is 30.3 Å². The van der Waals surface area contributed by atoms with Crippen LogP contribution >= 0.6 is 11.6 Å². The molecule has 0 amide bonds. The van der Waals surface area contributed by atoms with Crippen LogP contribution in [0.3, 0.4) is 0 Å². The normalized spacial score (nSPS) is 16.6. The van der Waals surface area contributed by atoms with Gasteiger partial charge in [0.05, 0.1) is 0 Å². The van der Waals surface area contributed by atoms with Crippen LogP contribution in [0.5, 0.6) is 0 Å². The molecule has 3 heteroatoms. The molecule has 0 N–H and O–H groups in total. The molecule has 1 aromatic rings. The number of hydrogen-bond donors (Lipinski definition) is 0. The van der Waals surface area contributed by atoms with E-state index in [1.807, 2.05) is 24.3 Å². The summed E-state index contributed by atoms with van der Waals surface area (Å²) in [5.41, 5.74) is 2.06. The quantitative estimate of drug-likeness (QED) is 0.593. The monoisotopic (exact) mass is 235 g/mol. The van der Waals surface area contributed by atoms with Crippen molar-refractivity contribution in [3.63, 3.8) is 0 Å². The molecule has 0 atom stereocenters. The SMILES string of the molecule is O=C/C=C(/c1ccc(Cl)cc1)N1CCCC1. The van der Waals surface area contributed by atoms with Crippen LogP contribution in [-0.2, 0) is 4.79 Å². The third kappa shape index (κ3) is 2.45. The molecule has 1 aromatic carbocycles. The summed E-state index contributed by atoms with van der Waals surface area (Å²) in [7, 11) is 0. The van der Waals surface area contributed by atoms with Crippen LogP contribution < -0.4 is 0 Å². The average Bonchev–Trinajstić information content (AvgIpc) is 2.81. The number of benzene rings is 1. The van der Waals surface area contributed by atoms with E-state index in [2.05, 4.69) is 4.90 Å². The van der Waals surface area contributed by atoms with E-state index < -0.39 is 0 Å². The minimum absolute atomic E-state index is 0.718. The summed E-state index contributed by atoms with van der Waals surface area (Å²) < 4.78 is 0. The molecule has 1 fully saturated rings. The Hall–Kier alpha value is -1.28. The summed E-state index contributed by atoms with van der Waals surface area (Å²) in [5, 5.41) is 0.718. The van der Waals surface area contributed by atoms with Crippen molar-refractivity contribution >= 4 is 23.6 Å². The van der Waals surface area contributed by atoms with Crippen molar-refractivity contribution in [2.24, 2.45) is 0 Å². The number of nitrogens with zero attached hydrogens (tertiary/aromatic N) is 1. The van der Waals surface area contributed by atoms with Gasteiger partial charge < -0.3 is 4.90 Å². The van der Waals surface area contributed by atoms with Crippen LogP contribution in [0.2, 0.25) is 5.02 Å². The Morgan fingerprint density at radius 3 is 2.38 bits per heavy atom. The van der Waals surface area contributed by atoms with Crippen molar-refractivity contribution in [1.29, 1.82) is 0 Å². The summed E-state index contributed by atoms with van der Waals surface area (Å²) in [5.74, 6) is 0. The molecule has 0 unspecified atom stereocenters. The lowest BCUT2D eigenvalue weighted by Crippen LogP contribution is -2.17. The van der Waals surface area contributed by atoms with E-state index in [-0.39, 0.29) is 0 Å². The Morgan fingerprint density at radius 1 is 1.19 bits per heavy atom.